The third-order valence-corrected chi connectivity index (χ3v) is 3.05. The normalized spacial score (nSPS) is 29.2. The molecule has 1 aromatic carbocycles. The van der Waals surface area contributed by atoms with Crippen molar-refractivity contribution in [2.24, 2.45) is 0 Å². The molecule has 1 atom stereocenters. The molecule has 0 bridgehead atoms. The number of alkyl carbamates (subject to hydrolysis) is 1. The van der Waals surface area contributed by atoms with Crippen LogP contribution in [0.1, 0.15) is 23.5 Å². The number of rotatable bonds is 5. The highest BCUT2D eigenvalue weighted by atomic mass is 16.6. The molecule has 21 heavy (non-hydrogen) atoms. The van der Waals surface area contributed by atoms with Crippen molar-refractivity contribution >= 4 is 17.0 Å². The number of amides is 1. The molecule has 2 heterocycles. The first-order valence-electron chi connectivity index (χ1n) is 10.9. The molecule has 0 aliphatic carbocycles. The Balaban J connectivity index is 2.11. The summed E-state index contributed by atoms with van der Waals surface area (Å²) in [5, 5.41) is 2.35. The molecule has 5 heteroatoms. The molecule has 5 nitrogen and oxygen atoms in total. The number of likely N-dealkylation sites (N-methyl/N-ethyl adjacent to an activating group) is 1. The Hall–Kier alpha value is -2.01. The van der Waals surface area contributed by atoms with Gasteiger partial charge in [0.2, 0.25) is 0 Å². The Kier molecular flexibility index (Phi) is 1.88. The summed E-state index contributed by atoms with van der Waals surface area (Å²) in [7, 11) is 1.26. The summed E-state index contributed by atoms with van der Waals surface area (Å²) in [6.45, 7) is -3.30. The summed E-state index contributed by atoms with van der Waals surface area (Å²) in [6.07, 6.45) is -1.98. The molecular weight excluding hydrogens is 266 g/mol. The molecule has 1 saturated heterocycles. The van der Waals surface area contributed by atoms with Crippen molar-refractivity contribution in [2.75, 3.05) is 27.2 Å². The lowest BCUT2D eigenvalue weighted by atomic mass is 10.0. The summed E-state index contributed by atoms with van der Waals surface area (Å²) in [5.41, 5.74) is 0.0584. The van der Waals surface area contributed by atoms with E-state index in [1.165, 1.54) is 13.2 Å². The van der Waals surface area contributed by atoms with E-state index in [4.69, 9.17) is 17.1 Å². The van der Waals surface area contributed by atoms with E-state index >= 15 is 0 Å². The summed E-state index contributed by atoms with van der Waals surface area (Å²) in [5.74, 6) is 0. The van der Waals surface area contributed by atoms with Gasteiger partial charge in [-0.2, -0.15) is 0 Å². The maximum absolute atomic E-state index is 11.3. The van der Waals surface area contributed by atoms with Gasteiger partial charge in [-0.05, 0) is 50.0 Å². The van der Waals surface area contributed by atoms with E-state index in [0.29, 0.717) is 0 Å². The van der Waals surface area contributed by atoms with Crippen molar-refractivity contribution in [2.45, 2.75) is 18.8 Å². The SMILES string of the molecule is [2H]c1c(C[C@@]2([2H])COC(=O)N2)c([2H])c2c(C([2H])([2H])CN(C)C([2H])([2H])[2H])c[nH]c2c1[2H]. The molecule has 0 saturated carbocycles. The van der Waals surface area contributed by atoms with Crippen molar-refractivity contribution in [1.82, 2.24) is 15.2 Å². The van der Waals surface area contributed by atoms with Gasteiger partial charge in [0, 0.05) is 30.5 Å². The zero-order valence-corrected chi connectivity index (χ0v) is 11.5. The van der Waals surface area contributed by atoms with Crippen molar-refractivity contribution < 1.29 is 21.9 Å². The van der Waals surface area contributed by atoms with E-state index in [0.717, 1.165) is 4.90 Å². The Morgan fingerprint density at radius 3 is 3.33 bits per heavy atom. The molecule has 112 valence electrons. The lowest BCUT2D eigenvalue weighted by molar-refractivity contribution is 0.177. The summed E-state index contributed by atoms with van der Waals surface area (Å²) < 4.78 is 77.2. The fraction of sp³-hybridized carbons (Fsp3) is 0.438. The van der Waals surface area contributed by atoms with E-state index in [1.54, 1.807) is 0 Å². The number of carbonyl (C=O) groups is 1. The summed E-state index contributed by atoms with van der Waals surface area (Å²) in [4.78, 5) is 14.9. The number of hydrogen-bond donors (Lipinski definition) is 2. The zero-order chi connectivity index (χ0) is 22.6. The van der Waals surface area contributed by atoms with Crippen molar-refractivity contribution in [3.63, 3.8) is 0 Å². The van der Waals surface area contributed by atoms with Crippen LogP contribution in [-0.2, 0) is 17.5 Å². The minimum atomic E-state index is -2.51. The topological polar surface area (TPSA) is 57.4 Å². The average Bonchev–Trinajstić information content (AvgIpc) is 3.20. The standard InChI is InChI=1S/C16H21N3O2/c1-19(2)6-5-12-9-17-15-4-3-11(8-14(12)15)7-13-10-21-16(20)18-13/h3-4,8-9,13,17H,5-7,10H2,1-2H3,(H,18,20)/t13-/m0/s1/i1D3,3D,4D,5D2,8D,13D. The minimum absolute atomic E-state index is 0.00544. The van der Waals surface area contributed by atoms with Gasteiger partial charge in [0.05, 0.1) is 11.5 Å². The molecule has 2 N–H and O–H groups in total. The number of benzene rings is 1. The molecular formula is C16H21N3O2. The van der Waals surface area contributed by atoms with Gasteiger partial charge in [0.15, 0.2) is 0 Å². The Morgan fingerprint density at radius 1 is 1.67 bits per heavy atom. The lowest BCUT2D eigenvalue weighted by Gasteiger charge is -2.09. The van der Waals surface area contributed by atoms with E-state index in [9.17, 15) is 4.79 Å². The van der Waals surface area contributed by atoms with Gasteiger partial charge in [0.25, 0.3) is 0 Å². The van der Waals surface area contributed by atoms with Crippen LogP contribution in [0.15, 0.2) is 24.3 Å². The van der Waals surface area contributed by atoms with Gasteiger partial charge >= 0.3 is 6.09 Å². The quantitative estimate of drug-likeness (QED) is 0.886. The maximum Gasteiger partial charge on any atom is 0.407 e. The second-order valence-corrected chi connectivity index (χ2v) is 4.82. The number of aromatic nitrogens is 1. The summed E-state index contributed by atoms with van der Waals surface area (Å²) >= 11 is 0. The van der Waals surface area contributed by atoms with Crippen LogP contribution in [0.5, 0.6) is 0 Å². The first-order chi connectivity index (χ1) is 13.7. The number of nitrogens with one attached hydrogen (secondary N) is 2. The molecule has 0 radical (unpaired) electrons. The third-order valence-electron chi connectivity index (χ3n) is 3.05. The number of hydrogen-bond acceptors (Lipinski definition) is 3. The molecule has 1 aromatic heterocycles. The molecule has 1 fully saturated rings. The van der Waals surface area contributed by atoms with E-state index in [2.05, 4.69) is 10.3 Å². The van der Waals surface area contributed by atoms with Crippen LogP contribution in [0.3, 0.4) is 0 Å². The highest BCUT2D eigenvalue weighted by Gasteiger charge is 2.22. The second-order valence-electron chi connectivity index (χ2n) is 4.82. The van der Waals surface area contributed by atoms with Crippen LogP contribution in [-0.4, -0.2) is 49.2 Å². The Morgan fingerprint density at radius 2 is 2.57 bits per heavy atom. The Bertz CT molecular complexity index is 1000. The Labute approximate surface area is 136 Å². The number of ether oxygens (including phenoxy) is 1. The molecule has 0 unspecified atom stereocenters. The zero-order valence-electron chi connectivity index (χ0n) is 20.5. The van der Waals surface area contributed by atoms with Gasteiger partial charge in [-0.25, -0.2) is 4.79 Å². The average molecular weight is 296 g/mol. The van der Waals surface area contributed by atoms with Gasteiger partial charge in [-0.15, -0.1) is 0 Å². The number of carbonyl (C=O) groups excluding carboxylic acids is 1. The van der Waals surface area contributed by atoms with Gasteiger partial charge in [-0.1, -0.05) is 6.04 Å². The highest BCUT2D eigenvalue weighted by molar-refractivity contribution is 5.84. The monoisotopic (exact) mass is 296 g/mol. The summed E-state index contributed by atoms with van der Waals surface area (Å²) in [6, 6.07) is -2.46. The highest BCUT2D eigenvalue weighted by Crippen LogP contribution is 2.21. The second kappa shape index (κ2) is 5.77. The smallest absolute Gasteiger partial charge is 0.407 e. The fourth-order valence-electron chi connectivity index (χ4n) is 2.08. The van der Waals surface area contributed by atoms with Crippen LogP contribution < -0.4 is 5.32 Å². The van der Waals surface area contributed by atoms with Crippen molar-refractivity contribution in [1.29, 1.82) is 0 Å². The van der Waals surface area contributed by atoms with Crippen molar-refractivity contribution in [3.8, 4) is 0 Å². The number of fused-ring (bicyclic) bond motifs is 1. The van der Waals surface area contributed by atoms with Crippen molar-refractivity contribution in [3.05, 3.63) is 35.5 Å². The third kappa shape index (κ3) is 3.19. The van der Waals surface area contributed by atoms with Crippen LogP contribution >= 0.6 is 0 Å². The minimum Gasteiger partial charge on any atom is -0.447 e. The first-order valence-corrected chi connectivity index (χ1v) is 6.43. The van der Waals surface area contributed by atoms with Gasteiger partial charge < -0.3 is 19.9 Å². The molecule has 1 amide bonds. The predicted molar refractivity (Wildman–Crippen MR) is 82.5 cm³/mol. The number of H-pyrrole nitrogens is 1. The lowest BCUT2D eigenvalue weighted by Crippen LogP contribution is -2.28. The van der Waals surface area contributed by atoms with Gasteiger partial charge in [0.1, 0.15) is 6.61 Å². The largest absolute Gasteiger partial charge is 0.447 e. The molecule has 0 spiro atoms. The van der Waals surface area contributed by atoms with Crippen LogP contribution in [0.25, 0.3) is 10.9 Å². The van der Waals surface area contributed by atoms with Crippen LogP contribution in [0, 0.1) is 0 Å². The molecule has 2 aromatic rings. The number of nitrogens with zero attached hydrogens (tertiary/aromatic N) is 1. The maximum atomic E-state index is 11.3. The fourth-order valence-corrected chi connectivity index (χ4v) is 2.08. The van der Waals surface area contributed by atoms with Crippen LogP contribution in [0.4, 0.5) is 4.79 Å². The first kappa shape index (κ1) is 6.83. The van der Waals surface area contributed by atoms with E-state index in [1.807, 2.05) is 0 Å². The number of cyclic esters (lactones) is 1. The number of aromatic amines is 1. The van der Waals surface area contributed by atoms with Gasteiger partial charge in [-0.3, -0.25) is 0 Å². The van der Waals surface area contributed by atoms with E-state index in [-0.39, 0.29) is 53.2 Å². The molecule has 1 aliphatic rings. The molecule has 3 rings (SSSR count). The molecule has 1 aliphatic heterocycles. The van der Waals surface area contributed by atoms with E-state index < -0.39 is 32.0 Å². The predicted octanol–water partition coefficient (Wildman–Crippen LogP) is 1.92. The van der Waals surface area contributed by atoms with Crippen LogP contribution in [0.2, 0.25) is 0 Å².